The number of nitrogens with one attached hydrogen (secondary N) is 1. The number of aromatic nitrogens is 2. The van der Waals surface area contributed by atoms with Crippen LogP contribution in [-0.2, 0) is 0 Å². The molecular weight excluding hydrogens is 238 g/mol. The molecule has 1 N–H and O–H groups in total. The minimum atomic E-state index is 0.305. The molecule has 0 aliphatic heterocycles. The molecule has 4 heteroatoms. The molecule has 19 heavy (non-hydrogen) atoms. The van der Waals surface area contributed by atoms with Crippen LogP contribution in [0.15, 0.2) is 6.20 Å². The Labute approximate surface area is 117 Å². The van der Waals surface area contributed by atoms with Gasteiger partial charge >= 0.3 is 0 Å². The number of unbranched alkanes of at least 4 members (excludes halogenated alkanes) is 1. The maximum Gasteiger partial charge on any atom is 0.161 e. The zero-order valence-corrected chi connectivity index (χ0v) is 13.2. The van der Waals surface area contributed by atoms with Crippen molar-refractivity contribution in [3.05, 3.63) is 11.9 Å². The first-order valence-electron chi connectivity index (χ1n) is 7.38. The van der Waals surface area contributed by atoms with Gasteiger partial charge in [-0.2, -0.15) is 5.10 Å². The average molecular weight is 267 g/mol. The Morgan fingerprint density at radius 2 is 2.00 bits per heavy atom. The van der Waals surface area contributed by atoms with Gasteiger partial charge in [0.1, 0.15) is 0 Å². The fraction of sp³-hybridized carbons (Fsp3) is 0.800. The molecule has 1 aromatic heterocycles. The van der Waals surface area contributed by atoms with Crippen LogP contribution in [-0.4, -0.2) is 22.9 Å². The van der Waals surface area contributed by atoms with Crippen LogP contribution in [0.1, 0.15) is 71.7 Å². The maximum atomic E-state index is 5.50. The van der Waals surface area contributed by atoms with E-state index in [1.54, 1.807) is 7.11 Å². The summed E-state index contributed by atoms with van der Waals surface area (Å²) in [5.74, 6) is 0.892. The van der Waals surface area contributed by atoms with Crippen LogP contribution in [0, 0.1) is 0 Å². The molecule has 1 aromatic rings. The first kappa shape index (κ1) is 16.0. The van der Waals surface area contributed by atoms with Crippen LogP contribution in [0.25, 0.3) is 0 Å². The van der Waals surface area contributed by atoms with Crippen molar-refractivity contribution in [2.45, 2.75) is 72.0 Å². The maximum absolute atomic E-state index is 5.50. The highest BCUT2D eigenvalue weighted by Gasteiger charge is 2.23. The van der Waals surface area contributed by atoms with Gasteiger partial charge in [-0.3, -0.25) is 4.68 Å². The van der Waals surface area contributed by atoms with E-state index in [1.807, 2.05) is 6.20 Å². The highest BCUT2D eigenvalue weighted by molar-refractivity contribution is 5.29. The van der Waals surface area contributed by atoms with E-state index < -0.39 is 0 Å². The van der Waals surface area contributed by atoms with E-state index in [2.05, 4.69) is 49.7 Å². The molecule has 0 bridgehead atoms. The van der Waals surface area contributed by atoms with Crippen molar-refractivity contribution in [3.63, 3.8) is 0 Å². The van der Waals surface area contributed by atoms with Gasteiger partial charge in [-0.25, -0.2) is 0 Å². The summed E-state index contributed by atoms with van der Waals surface area (Å²) in [6.07, 6.45) is 5.35. The minimum Gasteiger partial charge on any atom is -0.493 e. The molecule has 0 aromatic carbocycles. The Hall–Kier alpha value is -1.03. The monoisotopic (exact) mass is 267 g/mol. The van der Waals surface area contributed by atoms with Crippen LogP contribution in [0.3, 0.4) is 0 Å². The highest BCUT2D eigenvalue weighted by Crippen LogP contribution is 2.30. The fourth-order valence-corrected chi connectivity index (χ4v) is 2.37. The topological polar surface area (TPSA) is 39.1 Å². The van der Waals surface area contributed by atoms with Gasteiger partial charge in [-0.15, -0.1) is 0 Å². The molecule has 0 saturated carbocycles. The van der Waals surface area contributed by atoms with Gasteiger partial charge in [0.05, 0.1) is 25.0 Å². The molecule has 0 spiro atoms. The predicted octanol–water partition coefficient (Wildman–Crippen LogP) is 3.70. The summed E-state index contributed by atoms with van der Waals surface area (Å²) in [4.78, 5) is 0. The molecule has 1 atom stereocenters. The predicted molar refractivity (Wildman–Crippen MR) is 79.7 cm³/mol. The summed E-state index contributed by atoms with van der Waals surface area (Å²) >= 11 is 0. The third kappa shape index (κ3) is 4.23. The Balaban J connectivity index is 3.07. The molecule has 4 nitrogen and oxygen atoms in total. The van der Waals surface area contributed by atoms with Crippen molar-refractivity contribution in [1.29, 1.82) is 0 Å². The number of hydrogen-bond donors (Lipinski definition) is 1. The van der Waals surface area contributed by atoms with Gasteiger partial charge in [-0.05, 0) is 20.3 Å². The second-order valence-electron chi connectivity index (χ2n) is 5.65. The van der Waals surface area contributed by atoms with Gasteiger partial charge in [0.15, 0.2) is 5.75 Å². The molecule has 110 valence electrons. The second kappa shape index (κ2) is 7.53. The molecule has 1 rings (SSSR count). The molecule has 1 heterocycles. The van der Waals surface area contributed by atoms with Crippen molar-refractivity contribution in [1.82, 2.24) is 15.1 Å². The van der Waals surface area contributed by atoms with E-state index in [4.69, 9.17) is 4.74 Å². The lowest BCUT2D eigenvalue weighted by Crippen LogP contribution is -2.30. The molecule has 0 amide bonds. The standard InChI is InChI=1S/C15H29N3O/c1-7-8-9-13(17-11(2)3)15-14(19-6)10-16-18(15)12(4)5/h10-13,17H,7-9H2,1-6H3. The van der Waals surface area contributed by atoms with Crippen molar-refractivity contribution < 1.29 is 4.74 Å². The Bertz CT molecular complexity index is 371. The Kier molecular flexibility index (Phi) is 6.35. The third-order valence-corrected chi connectivity index (χ3v) is 3.22. The van der Waals surface area contributed by atoms with E-state index in [0.29, 0.717) is 18.1 Å². The molecule has 1 unspecified atom stereocenters. The quantitative estimate of drug-likeness (QED) is 0.780. The lowest BCUT2D eigenvalue weighted by molar-refractivity contribution is 0.361. The number of hydrogen-bond acceptors (Lipinski definition) is 3. The zero-order valence-electron chi connectivity index (χ0n) is 13.2. The van der Waals surface area contributed by atoms with Crippen LogP contribution in [0.4, 0.5) is 0 Å². The largest absolute Gasteiger partial charge is 0.493 e. The summed E-state index contributed by atoms with van der Waals surface area (Å²) in [7, 11) is 1.72. The first-order chi connectivity index (χ1) is 9.01. The van der Waals surface area contributed by atoms with Gasteiger partial charge in [-0.1, -0.05) is 33.6 Å². The summed E-state index contributed by atoms with van der Waals surface area (Å²) in [6, 6.07) is 1.10. The van der Waals surface area contributed by atoms with Crippen molar-refractivity contribution in [2.75, 3.05) is 7.11 Å². The van der Waals surface area contributed by atoms with Gasteiger partial charge in [0, 0.05) is 12.1 Å². The van der Waals surface area contributed by atoms with Crippen LogP contribution >= 0.6 is 0 Å². The van der Waals surface area contributed by atoms with Gasteiger partial charge in [0.25, 0.3) is 0 Å². The van der Waals surface area contributed by atoms with Crippen LogP contribution < -0.4 is 10.1 Å². The van der Waals surface area contributed by atoms with Crippen LogP contribution in [0.2, 0.25) is 0 Å². The number of ether oxygens (including phenoxy) is 1. The number of nitrogens with zero attached hydrogens (tertiary/aromatic N) is 2. The Morgan fingerprint density at radius 1 is 1.32 bits per heavy atom. The molecule has 0 aliphatic carbocycles. The smallest absolute Gasteiger partial charge is 0.161 e. The van der Waals surface area contributed by atoms with Gasteiger partial charge < -0.3 is 10.1 Å². The summed E-state index contributed by atoms with van der Waals surface area (Å²) in [6.45, 7) is 10.9. The molecule has 0 radical (unpaired) electrons. The lowest BCUT2D eigenvalue weighted by Gasteiger charge is -2.24. The van der Waals surface area contributed by atoms with Gasteiger partial charge in [0.2, 0.25) is 0 Å². The highest BCUT2D eigenvalue weighted by atomic mass is 16.5. The third-order valence-electron chi connectivity index (χ3n) is 3.22. The SMILES string of the molecule is CCCCC(NC(C)C)c1c(OC)cnn1C(C)C. The number of methoxy groups -OCH3 is 1. The van der Waals surface area contributed by atoms with Crippen LogP contribution in [0.5, 0.6) is 5.75 Å². The van der Waals surface area contributed by atoms with Crippen molar-refractivity contribution >= 4 is 0 Å². The minimum absolute atomic E-state index is 0.305. The Morgan fingerprint density at radius 3 is 2.47 bits per heavy atom. The average Bonchev–Trinajstić information content (AvgIpc) is 2.77. The van der Waals surface area contributed by atoms with E-state index in [9.17, 15) is 0 Å². The molecule has 0 aliphatic rings. The van der Waals surface area contributed by atoms with E-state index >= 15 is 0 Å². The molecular formula is C15H29N3O. The van der Waals surface area contributed by atoms with E-state index in [0.717, 1.165) is 12.2 Å². The number of rotatable bonds is 8. The summed E-state index contributed by atoms with van der Waals surface area (Å²) in [5, 5.41) is 8.12. The second-order valence-corrected chi connectivity index (χ2v) is 5.65. The zero-order chi connectivity index (χ0) is 14.4. The van der Waals surface area contributed by atoms with E-state index in [1.165, 1.54) is 18.5 Å². The lowest BCUT2D eigenvalue weighted by atomic mass is 10.0. The fourth-order valence-electron chi connectivity index (χ4n) is 2.37. The van der Waals surface area contributed by atoms with E-state index in [-0.39, 0.29) is 0 Å². The first-order valence-corrected chi connectivity index (χ1v) is 7.38. The van der Waals surface area contributed by atoms with Crippen molar-refractivity contribution in [3.8, 4) is 5.75 Å². The van der Waals surface area contributed by atoms with Crippen molar-refractivity contribution in [2.24, 2.45) is 0 Å². The molecule has 0 saturated heterocycles. The summed E-state index contributed by atoms with van der Waals surface area (Å²) < 4.78 is 7.57. The summed E-state index contributed by atoms with van der Waals surface area (Å²) in [5.41, 5.74) is 1.18. The molecule has 0 fully saturated rings. The normalized spacial score (nSPS) is 13.3.